The highest BCUT2D eigenvalue weighted by molar-refractivity contribution is 8.00. The van der Waals surface area contributed by atoms with Gasteiger partial charge in [-0.05, 0) is 30.9 Å². The van der Waals surface area contributed by atoms with Crippen molar-refractivity contribution in [3.63, 3.8) is 0 Å². The average molecular weight is 281 g/mol. The molecule has 0 aromatic heterocycles. The molecule has 1 aromatic carbocycles. The van der Waals surface area contributed by atoms with E-state index in [2.05, 4.69) is 5.32 Å². The molecule has 19 heavy (non-hydrogen) atoms. The first-order valence-electron chi connectivity index (χ1n) is 6.52. The first-order valence-corrected chi connectivity index (χ1v) is 7.50. The van der Waals surface area contributed by atoms with Gasteiger partial charge in [-0.2, -0.15) is 0 Å². The number of rotatable bonds is 7. The van der Waals surface area contributed by atoms with E-state index >= 15 is 0 Å². The molecule has 1 unspecified atom stereocenters. The Bertz CT molecular complexity index is 390. The molecule has 4 heteroatoms. The molecule has 0 aliphatic heterocycles. The van der Waals surface area contributed by atoms with Gasteiger partial charge in [0.15, 0.2) is 0 Å². The largest absolute Gasteiger partial charge is 0.393 e. The molecule has 0 heterocycles. The SMILES string of the molecule is CC(O)CC(C)(C)CNC(=O)CSc1ccccc1. The van der Waals surface area contributed by atoms with E-state index in [0.29, 0.717) is 18.7 Å². The van der Waals surface area contributed by atoms with E-state index in [1.54, 1.807) is 6.92 Å². The van der Waals surface area contributed by atoms with E-state index in [9.17, 15) is 9.90 Å². The van der Waals surface area contributed by atoms with Crippen molar-refractivity contribution < 1.29 is 9.90 Å². The number of aliphatic hydroxyl groups is 1. The number of thioether (sulfide) groups is 1. The Kier molecular flexibility index (Phi) is 6.38. The number of hydrogen-bond acceptors (Lipinski definition) is 3. The van der Waals surface area contributed by atoms with Crippen LogP contribution >= 0.6 is 11.8 Å². The molecule has 0 radical (unpaired) electrons. The van der Waals surface area contributed by atoms with E-state index in [1.165, 1.54) is 11.8 Å². The Hall–Kier alpha value is -1.00. The predicted molar refractivity (Wildman–Crippen MR) is 80.3 cm³/mol. The lowest BCUT2D eigenvalue weighted by atomic mass is 9.87. The number of amides is 1. The third-order valence-corrected chi connectivity index (χ3v) is 3.74. The summed E-state index contributed by atoms with van der Waals surface area (Å²) < 4.78 is 0. The zero-order valence-electron chi connectivity index (χ0n) is 11.8. The van der Waals surface area contributed by atoms with E-state index in [0.717, 1.165) is 4.90 Å². The first-order chi connectivity index (χ1) is 8.89. The van der Waals surface area contributed by atoms with Crippen molar-refractivity contribution in [3.05, 3.63) is 30.3 Å². The molecule has 0 saturated carbocycles. The van der Waals surface area contributed by atoms with Crippen LogP contribution in [0.3, 0.4) is 0 Å². The fourth-order valence-corrected chi connectivity index (χ4v) is 2.68. The monoisotopic (exact) mass is 281 g/mol. The zero-order chi connectivity index (χ0) is 14.3. The van der Waals surface area contributed by atoms with E-state index in [4.69, 9.17) is 0 Å². The topological polar surface area (TPSA) is 49.3 Å². The lowest BCUT2D eigenvalue weighted by molar-refractivity contribution is -0.119. The van der Waals surface area contributed by atoms with Gasteiger partial charge in [0.05, 0.1) is 11.9 Å². The zero-order valence-corrected chi connectivity index (χ0v) is 12.7. The molecule has 0 aliphatic carbocycles. The quantitative estimate of drug-likeness (QED) is 0.756. The predicted octanol–water partition coefficient (Wildman–Crippen LogP) is 2.69. The van der Waals surface area contributed by atoms with Crippen molar-refractivity contribution in [1.82, 2.24) is 5.32 Å². The molecule has 106 valence electrons. The number of aliphatic hydroxyl groups excluding tert-OH is 1. The van der Waals surface area contributed by atoms with E-state index in [1.807, 2.05) is 44.2 Å². The molecular formula is C15H23NO2S. The number of carbonyl (C=O) groups excluding carboxylic acids is 1. The summed E-state index contributed by atoms with van der Waals surface area (Å²) in [4.78, 5) is 12.9. The molecule has 0 fully saturated rings. The van der Waals surface area contributed by atoms with Gasteiger partial charge in [-0.25, -0.2) is 0 Å². The molecule has 3 nitrogen and oxygen atoms in total. The van der Waals surface area contributed by atoms with Crippen LogP contribution < -0.4 is 5.32 Å². The molecule has 0 bridgehead atoms. The number of benzene rings is 1. The van der Waals surface area contributed by atoms with Crippen LogP contribution in [0.25, 0.3) is 0 Å². The number of hydrogen-bond donors (Lipinski definition) is 2. The van der Waals surface area contributed by atoms with Gasteiger partial charge in [-0.15, -0.1) is 11.8 Å². The smallest absolute Gasteiger partial charge is 0.230 e. The van der Waals surface area contributed by atoms with Crippen LogP contribution in [0, 0.1) is 5.41 Å². The molecule has 1 rings (SSSR count). The van der Waals surface area contributed by atoms with Crippen molar-refractivity contribution in [3.8, 4) is 0 Å². The summed E-state index contributed by atoms with van der Waals surface area (Å²) in [6.45, 7) is 6.45. The second kappa shape index (κ2) is 7.56. The minimum Gasteiger partial charge on any atom is -0.393 e. The Morgan fingerprint density at radius 3 is 2.58 bits per heavy atom. The molecule has 2 N–H and O–H groups in total. The Morgan fingerprint density at radius 1 is 1.37 bits per heavy atom. The molecular weight excluding hydrogens is 258 g/mol. The first kappa shape index (κ1) is 16.1. The van der Waals surface area contributed by atoms with Crippen LogP contribution in [0.5, 0.6) is 0 Å². The van der Waals surface area contributed by atoms with Crippen molar-refractivity contribution in [1.29, 1.82) is 0 Å². The Labute approximate surface area is 119 Å². The highest BCUT2D eigenvalue weighted by Crippen LogP contribution is 2.21. The minimum absolute atomic E-state index is 0.0347. The second-order valence-electron chi connectivity index (χ2n) is 5.60. The van der Waals surface area contributed by atoms with Crippen molar-refractivity contribution in [2.45, 2.75) is 38.2 Å². The standard InChI is InChI=1S/C15H23NO2S/c1-12(17)9-15(2,3)11-16-14(18)10-19-13-7-5-4-6-8-13/h4-8,12,17H,9-11H2,1-3H3,(H,16,18). The number of nitrogens with one attached hydrogen (secondary N) is 1. The lowest BCUT2D eigenvalue weighted by Gasteiger charge is -2.26. The normalized spacial score (nSPS) is 13.1. The van der Waals surface area contributed by atoms with Gasteiger partial charge in [0.1, 0.15) is 0 Å². The maximum atomic E-state index is 11.8. The van der Waals surface area contributed by atoms with Gasteiger partial charge in [-0.3, -0.25) is 4.79 Å². The van der Waals surface area contributed by atoms with Gasteiger partial charge >= 0.3 is 0 Å². The molecule has 0 spiro atoms. The summed E-state index contributed by atoms with van der Waals surface area (Å²) in [5.41, 5.74) is -0.0821. The third-order valence-electron chi connectivity index (χ3n) is 2.73. The summed E-state index contributed by atoms with van der Waals surface area (Å²) in [6.07, 6.45) is 0.338. The molecule has 1 atom stereocenters. The summed E-state index contributed by atoms with van der Waals surface area (Å²) in [5, 5.41) is 12.3. The van der Waals surface area contributed by atoms with Gasteiger partial charge in [-0.1, -0.05) is 32.0 Å². The van der Waals surface area contributed by atoms with E-state index < -0.39 is 0 Å². The van der Waals surface area contributed by atoms with Crippen LogP contribution in [0.1, 0.15) is 27.2 Å². The van der Waals surface area contributed by atoms with Crippen LogP contribution in [0.4, 0.5) is 0 Å². The lowest BCUT2D eigenvalue weighted by Crippen LogP contribution is -2.36. The highest BCUT2D eigenvalue weighted by atomic mass is 32.2. The summed E-state index contributed by atoms with van der Waals surface area (Å²) in [6, 6.07) is 9.88. The highest BCUT2D eigenvalue weighted by Gasteiger charge is 2.20. The Morgan fingerprint density at radius 2 is 2.00 bits per heavy atom. The van der Waals surface area contributed by atoms with Gasteiger partial charge in [0.2, 0.25) is 5.91 Å². The van der Waals surface area contributed by atoms with Crippen LogP contribution in [0.2, 0.25) is 0 Å². The van der Waals surface area contributed by atoms with Crippen LogP contribution in [-0.4, -0.2) is 29.4 Å². The van der Waals surface area contributed by atoms with Gasteiger partial charge < -0.3 is 10.4 Å². The van der Waals surface area contributed by atoms with Crippen molar-refractivity contribution in [2.75, 3.05) is 12.3 Å². The summed E-state index contributed by atoms with van der Waals surface area (Å²) in [7, 11) is 0. The van der Waals surface area contributed by atoms with Crippen LogP contribution in [-0.2, 0) is 4.79 Å². The third kappa shape index (κ3) is 7.23. The average Bonchev–Trinajstić information content (AvgIpc) is 2.34. The minimum atomic E-state index is -0.342. The van der Waals surface area contributed by atoms with Gasteiger partial charge in [0.25, 0.3) is 0 Å². The fraction of sp³-hybridized carbons (Fsp3) is 0.533. The second-order valence-corrected chi connectivity index (χ2v) is 6.64. The van der Waals surface area contributed by atoms with Gasteiger partial charge in [0, 0.05) is 11.4 Å². The van der Waals surface area contributed by atoms with Crippen LogP contribution in [0.15, 0.2) is 35.2 Å². The maximum Gasteiger partial charge on any atom is 0.230 e. The summed E-state index contributed by atoms with van der Waals surface area (Å²) >= 11 is 1.53. The van der Waals surface area contributed by atoms with Crippen molar-refractivity contribution in [2.24, 2.45) is 5.41 Å². The number of carbonyl (C=O) groups is 1. The maximum absolute atomic E-state index is 11.8. The summed E-state index contributed by atoms with van der Waals surface area (Å²) in [5.74, 6) is 0.460. The molecule has 1 aromatic rings. The molecule has 0 saturated heterocycles. The molecule has 1 amide bonds. The Balaban J connectivity index is 2.28. The fourth-order valence-electron chi connectivity index (χ4n) is 1.93. The van der Waals surface area contributed by atoms with Crippen molar-refractivity contribution >= 4 is 17.7 Å². The molecule has 0 aliphatic rings. The van der Waals surface area contributed by atoms with E-state index in [-0.39, 0.29) is 17.4 Å².